The van der Waals surface area contributed by atoms with Gasteiger partial charge < -0.3 is 19.1 Å². The number of carbonyl (C=O) groups excluding carboxylic acids is 1. The lowest BCUT2D eigenvalue weighted by Gasteiger charge is -2.34. The summed E-state index contributed by atoms with van der Waals surface area (Å²) in [5.41, 5.74) is 2.99. The molecule has 0 atom stereocenters. The average molecular weight is 475 g/mol. The number of ether oxygens (including phenoxy) is 3. The summed E-state index contributed by atoms with van der Waals surface area (Å²) in [6, 6.07) is 11.4. The first-order chi connectivity index (χ1) is 16.3. The minimum Gasteiger partial charge on any atom is -0.457 e. The van der Waals surface area contributed by atoms with Crippen molar-refractivity contribution in [3.05, 3.63) is 60.4 Å². The minimum absolute atomic E-state index is 0.0415. The number of benzene rings is 2. The Hall–Kier alpha value is -3.97. The molecule has 0 radical (unpaired) electrons. The smallest absolute Gasteiger partial charge is 0.457 e. The van der Waals surface area contributed by atoms with Crippen LogP contribution < -0.4 is 30.9 Å². The number of urea groups is 1. The molecule has 4 rings (SSSR count). The molecule has 1 saturated heterocycles. The molecule has 34 heavy (non-hydrogen) atoms. The third kappa shape index (κ3) is 5.88. The van der Waals surface area contributed by atoms with Crippen molar-refractivity contribution in [1.29, 1.82) is 0 Å². The summed E-state index contributed by atoms with van der Waals surface area (Å²) >= 11 is 0. The zero-order valence-corrected chi connectivity index (χ0v) is 18.0. The van der Waals surface area contributed by atoms with E-state index in [4.69, 9.17) is 10.6 Å². The van der Waals surface area contributed by atoms with Crippen molar-refractivity contribution in [2.75, 3.05) is 26.2 Å². The molecule has 2 aliphatic rings. The lowest BCUT2D eigenvalue weighted by molar-refractivity contribution is -0.286. The Bertz CT molecular complexity index is 1090. The van der Waals surface area contributed by atoms with Gasteiger partial charge in [0, 0.05) is 38.8 Å². The number of rotatable bonds is 7. The molecular formula is C21H23F2N7O4. The van der Waals surface area contributed by atoms with Crippen LogP contribution in [0.25, 0.3) is 0 Å². The number of hydrazine groups is 1. The van der Waals surface area contributed by atoms with Crippen LogP contribution in [0, 0.1) is 0 Å². The van der Waals surface area contributed by atoms with E-state index in [2.05, 4.69) is 36.6 Å². The summed E-state index contributed by atoms with van der Waals surface area (Å²) in [4.78, 5) is 16.1. The van der Waals surface area contributed by atoms with Gasteiger partial charge in [-0.2, -0.15) is 0 Å². The van der Waals surface area contributed by atoms with Gasteiger partial charge in [-0.25, -0.2) is 16.2 Å². The summed E-state index contributed by atoms with van der Waals surface area (Å²) in [5, 5.41) is 9.46. The number of piperazine rings is 1. The third-order valence-corrected chi connectivity index (χ3v) is 5.05. The average Bonchev–Trinajstić information content (AvgIpc) is 3.11. The van der Waals surface area contributed by atoms with Crippen LogP contribution in [0.15, 0.2) is 65.2 Å². The molecular weight excluding hydrogens is 452 g/mol. The van der Waals surface area contributed by atoms with Crippen molar-refractivity contribution in [2.45, 2.75) is 12.8 Å². The van der Waals surface area contributed by atoms with Gasteiger partial charge >= 0.3 is 12.3 Å². The number of fused-ring (bicyclic) bond motifs is 1. The monoisotopic (exact) mass is 475 g/mol. The predicted molar refractivity (Wildman–Crippen MR) is 116 cm³/mol. The second kappa shape index (κ2) is 9.89. The Morgan fingerprint density at radius 2 is 1.85 bits per heavy atom. The van der Waals surface area contributed by atoms with Crippen molar-refractivity contribution in [2.24, 2.45) is 16.2 Å². The fourth-order valence-corrected chi connectivity index (χ4v) is 3.52. The fraction of sp³-hybridized carbons (Fsp3) is 0.286. The van der Waals surface area contributed by atoms with Crippen molar-refractivity contribution in [1.82, 2.24) is 20.7 Å². The molecule has 0 aromatic heterocycles. The molecule has 13 heteroatoms. The van der Waals surface area contributed by atoms with Crippen LogP contribution in [0.1, 0.15) is 5.56 Å². The molecule has 2 aliphatic heterocycles. The maximum Gasteiger partial charge on any atom is 0.586 e. The van der Waals surface area contributed by atoms with E-state index in [1.165, 1.54) is 18.2 Å². The molecule has 2 amide bonds. The van der Waals surface area contributed by atoms with E-state index < -0.39 is 6.29 Å². The highest BCUT2D eigenvalue weighted by Gasteiger charge is 2.43. The molecule has 2 aromatic carbocycles. The minimum atomic E-state index is -3.67. The van der Waals surface area contributed by atoms with Crippen LogP contribution in [-0.4, -0.2) is 48.3 Å². The van der Waals surface area contributed by atoms with Gasteiger partial charge in [0.25, 0.3) is 0 Å². The zero-order chi connectivity index (χ0) is 24.1. The number of halogens is 2. The van der Waals surface area contributed by atoms with Crippen molar-refractivity contribution in [3.8, 4) is 23.0 Å². The van der Waals surface area contributed by atoms with Gasteiger partial charge in [-0.05, 0) is 29.8 Å². The largest absolute Gasteiger partial charge is 0.586 e. The number of hydrogen-bond donors (Lipinski definition) is 3. The SMILES string of the molecule is C=C(/N=N\NN)NC(=O)N1CCN(Cc2cccc(Oc3ccc4c(c3)OC(F)(F)O4)c2)CC1. The molecule has 180 valence electrons. The van der Waals surface area contributed by atoms with Crippen LogP contribution in [0.2, 0.25) is 0 Å². The van der Waals surface area contributed by atoms with Crippen molar-refractivity contribution < 1.29 is 27.8 Å². The second-order valence-corrected chi connectivity index (χ2v) is 7.49. The second-order valence-electron chi connectivity index (χ2n) is 7.49. The number of nitrogens with one attached hydrogen (secondary N) is 2. The summed E-state index contributed by atoms with van der Waals surface area (Å²) in [7, 11) is 0. The van der Waals surface area contributed by atoms with E-state index in [1.807, 2.05) is 23.7 Å². The van der Waals surface area contributed by atoms with Crippen LogP contribution in [0.4, 0.5) is 13.6 Å². The first kappa shape index (κ1) is 23.2. The fourth-order valence-electron chi connectivity index (χ4n) is 3.52. The Kier molecular flexibility index (Phi) is 6.75. The number of carbonyl (C=O) groups is 1. The molecule has 0 aliphatic carbocycles. The lowest BCUT2D eigenvalue weighted by Crippen LogP contribution is -2.51. The number of amides is 2. The first-order valence-electron chi connectivity index (χ1n) is 10.3. The lowest BCUT2D eigenvalue weighted by atomic mass is 10.2. The van der Waals surface area contributed by atoms with Crippen LogP contribution in [-0.2, 0) is 6.54 Å². The predicted octanol–water partition coefficient (Wildman–Crippen LogP) is 2.93. The van der Waals surface area contributed by atoms with Gasteiger partial charge in [0.05, 0.1) is 0 Å². The van der Waals surface area contributed by atoms with E-state index in [0.717, 1.165) is 5.56 Å². The Balaban J connectivity index is 1.29. The maximum absolute atomic E-state index is 13.2. The van der Waals surface area contributed by atoms with Gasteiger partial charge in [-0.1, -0.05) is 23.9 Å². The van der Waals surface area contributed by atoms with Gasteiger partial charge in [0.15, 0.2) is 17.3 Å². The van der Waals surface area contributed by atoms with Crippen molar-refractivity contribution in [3.63, 3.8) is 0 Å². The summed E-state index contributed by atoms with van der Waals surface area (Å²) in [5.74, 6) is 5.85. The summed E-state index contributed by atoms with van der Waals surface area (Å²) in [6.07, 6.45) is -3.67. The number of nitrogens with zero attached hydrogens (tertiary/aromatic N) is 4. The summed E-state index contributed by atoms with van der Waals surface area (Å²) in [6.45, 7) is 6.64. The molecule has 0 unspecified atom stereocenters. The third-order valence-electron chi connectivity index (χ3n) is 5.05. The molecule has 0 spiro atoms. The maximum atomic E-state index is 13.2. The normalized spacial score (nSPS) is 17.0. The van der Waals surface area contributed by atoms with E-state index >= 15 is 0 Å². The zero-order valence-electron chi connectivity index (χ0n) is 18.0. The highest BCUT2D eigenvalue weighted by Crippen LogP contribution is 2.43. The standard InChI is InChI=1S/C21H23F2N7O4/c1-14(26-28-27-24)25-20(31)30-9-7-29(8-10-30)13-15-3-2-4-16(11-15)32-17-5-6-18-19(12-17)34-21(22,23)33-18/h2-6,11-12H,1,7-10,13H2,(H2,24,28)(H,25,31)(H,26,27). The Labute approximate surface area is 193 Å². The van der Waals surface area contributed by atoms with E-state index in [0.29, 0.717) is 44.2 Å². The quantitative estimate of drug-likeness (QED) is 0.319. The van der Waals surface area contributed by atoms with Gasteiger partial charge in [-0.15, -0.1) is 13.9 Å². The van der Waals surface area contributed by atoms with Crippen molar-refractivity contribution >= 4 is 6.03 Å². The Morgan fingerprint density at radius 3 is 2.62 bits per heavy atom. The highest BCUT2D eigenvalue weighted by atomic mass is 19.3. The van der Waals surface area contributed by atoms with Crippen LogP contribution in [0.3, 0.4) is 0 Å². The first-order valence-corrected chi connectivity index (χ1v) is 10.3. The number of nitrogens with two attached hydrogens (primary N) is 1. The number of hydrogen-bond acceptors (Lipinski definition) is 8. The van der Waals surface area contributed by atoms with Gasteiger partial charge in [0.2, 0.25) is 0 Å². The molecule has 0 saturated carbocycles. The summed E-state index contributed by atoms with van der Waals surface area (Å²) < 4.78 is 41.1. The Morgan fingerprint density at radius 1 is 1.12 bits per heavy atom. The molecule has 2 aromatic rings. The molecule has 2 heterocycles. The molecule has 1 fully saturated rings. The topological polar surface area (TPSA) is 126 Å². The highest BCUT2D eigenvalue weighted by molar-refractivity contribution is 5.76. The number of alkyl halides is 2. The van der Waals surface area contributed by atoms with Gasteiger partial charge in [0.1, 0.15) is 11.5 Å². The molecule has 11 nitrogen and oxygen atoms in total. The van der Waals surface area contributed by atoms with Crippen LogP contribution >= 0.6 is 0 Å². The van der Waals surface area contributed by atoms with E-state index in [-0.39, 0.29) is 23.4 Å². The van der Waals surface area contributed by atoms with Gasteiger partial charge in [-0.3, -0.25) is 10.2 Å². The van der Waals surface area contributed by atoms with E-state index in [1.54, 1.807) is 11.0 Å². The molecule has 0 bridgehead atoms. The molecule has 4 N–H and O–H groups in total. The van der Waals surface area contributed by atoms with Crippen LogP contribution in [0.5, 0.6) is 23.0 Å². The van der Waals surface area contributed by atoms with E-state index in [9.17, 15) is 13.6 Å².